The Balaban J connectivity index is 1.22. The third-order valence-corrected chi connectivity index (χ3v) is 9.03. The summed E-state index contributed by atoms with van der Waals surface area (Å²) >= 11 is 0. The highest BCUT2D eigenvalue weighted by Gasteiger charge is 2.27. The van der Waals surface area contributed by atoms with E-state index in [-0.39, 0.29) is 36.5 Å². The van der Waals surface area contributed by atoms with Gasteiger partial charge in [-0.1, -0.05) is 12.1 Å². The minimum atomic E-state index is -0.276. The Morgan fingerprint density at radius 3 is 2.68 bits per heavy atom. The van der Waals surface area contributed by atoms with Crippen molar-refractivity contribution in [2.24, 2.45) is 0 Å². The van der Waals surface area contributed by atoms with Crippen molar-refractivity contribution in [2.45, 2.75) is 63.1 Å². The van der Waals surface area contributed by atoms with Crippen LogP contribution >= 0.6 is 0 Å². The first-order valence-corrected chi connectivity index (χ1v) is 15.1. The molecule has 2 atom stereocenters. The van der Waals surface area contributed by atoms with Gasteiger partial charge in [0.2, 0.25) is 0 Å². The Hall–Kier alpha value is -3.33. The number of hydrogen-bond acceptors (Lipinski definition) is 6. The van der Waals surface area contributed by atoms with Crippen molar-refractivity contribution in [3.8, 4) is 0 Å². The van der Waals surface area contributed by atoms with E-state index >= 15 is 0 Å². The molecule has 3 heterocycles. The first-order valence-electron chi connectivity index (χ1n) is 15.1. The number of carbonyl (C=O) groups is 2. The molecule has 3 aliphatic rings. The number of aliphatic hydroxyl groups is 1. The number of nitrogens with one attached hydrogen (secondary N) is 2. The Bertz CT molecular complexity index is 1420. The Labute approximate surface area is 242 Å². The number of likely N-dealkylation sites (tertiary alicyclic amines) is 2. The van der Waals surface area contributed by atoms with E-state index in [0.717, 1.165) is 68.3 Å². The molecule has 2 fully saturated rings. The van der Waals surface area contributed by atoms with Crippen LogP contribution in [0.2, 0.25) is 0 Å². The number of rotatable bonds is 9. The summed E-state index contributed by atoms with van der Waals surface area (Å²) in [6.07, 6.45) is 7.19. The third-order valence-electron chi connectivity index (χ3n) is 9.03. The molecule has 216 valence electrons. The summed E-state index contributed by atoms with van der Waals surface area (Å²) in [6, 6.07) is 15.7. The summed E-state index contributed by atoms with van der Waals surface area (Å²) in [5.41, 5.74) is 5.54. The molecule has 0 radical (unpaired) electrons. The zero-order valence-electron chi connectivity index (χ0n) is 23.9. The van der Waals surface area contributed by atoms with Gasteiger partial charge in [-0.2, -0.15) is 0 Å². The minimum Gasteiger partial charge on any atom is -0.395 e. The van der Waals surface area contributed by atoms with Gasteiger partial charge in [-0.05, 0) is 106 Å². The van der Waals surface area contributed by atoms with Gasteiger partial charge in [0.1, 0.15) is 0 Å². The highest BCUT2D eigenvalue weighted by Crippen LogP contribution is 2.26. The van der Waals surface area contributed by atoms with Crippen LogP contribution in [0.25, 0.3) is 10.9 Å². The molecule has 2 amide bonds. The number of hydrogen-bond donors (Lipinski definition) is 3. The summed E-state index contributed by atoms with van der Waals surface area (Å²) in [5.74, 6) is -0.220. The van der Waals surface area contributed by atoms with Gasteiger partial charge in [-0.15, -0.1) is 0 Å². The summed E-state index contributed by atoms with van der Waals surface area (Å²) in [4.78, 5) is 36.0. The lowest BCUT2D eigenvalue weighted by molar-refractivity contribution is 0.0857. The van der Waals surface area contributed by atoms with Crippen LogP contribution in [0.3, 0.4) is 0 Å². The summed E-state index contributed by atoms with van der Waals surface area (Å²) < 4.78 is 0. The van der Waals surface area contributed by atoms with Gasteiger partial charge in [0.25, 0.3) is 11.8 Å². The smallest absolute Gasteiger partial charge is 0.251 e. The van der Waals surface area contributed by atoms with Crippen molar-refractivity contribution in [2.75, 3.05) is 39.8 Å². The second kappa shape index (κ2) is 12.3. The van der Waals surface area contributed by atoms with Gasteiger partial charge >= 0.3 is 0 Å². The van der Waals surface area contributed by atoms with Crippen molar-refractivity contribution in [3.05, 3.63) is 76.5 Å². The maximum absolute atomic E-state index is 13.6. The highest BCUT2D eigenvalue weighted by atomic mass is 16.3. The molecule has 0 bridgehead atoms. The van der Waals surface area contributed by atoms with Crippen LogP contribution < -0.4 is 10.6 Å². The second-order valence-electron chi connectivity index (χ2n) is 12.1. The maximum Gasteiger partial charge on any atom is 0.251 e. The Kier molecular flexibility index (Phi) is 8.32. The van der Waals surface area contributed by atoms with Crippen LogP contribution in [0.4, 0.5) is 0 Å². The van der Waals surface area contributed by atoms with Crippen molar-refractivity contribution in [3.63, 3.8) is 0 Å². The number of aryl methyl sites for hydroxylation is 2. The molecule has 3 N–H and O–H groups in total. The number of fused-ring (bicyclic) bond motifs is 2. The van der Waals surface area contributed by atoms with Crippen LogP contribution in [-0.2, 0) is 12.8 Å². The van der Waals surface area contributed by atoms with E-state index in [4.69, 9.17) is 4.98 Å². The Morgan fingerprint density at radius 2 is 1.85 bits per heavy atom. The van der Waals surface area contributed by atoms with E-state index in [1.807, 2.05) is 49.5 Å². The molecule has 8 heteroatoms. The molecule has 6 rings (SSSR count). The summed E-state index contributed by atoms with van der Waals surface area (Å²) in [7, 11) is 2.04. The molecule has 8 nitrogen and oxygen atoms in total. The number of benzene rings is 2. The van der Waals surface area contributed by atoms with Crippen LogP contribution in [0.1, 0.15) is 75.7 Å². The van der Waals surface area contributed by atoms with Crippen molar-refractivity contribution in [1.82, 2.24) is 25.4 Å². The fraction of sp³-hybridized carbons (Fsp3) is 0.485. The number of nitrogens with zero attached hydrogens (tertiary/aromatic N) is 3. The number of aromatic nitrogens is 1. The lowest BCUT2D eigenvalue weighted by Crippen LogP contribution is -2.57. The van der Waals surface area contributed by atoms with E-state index in [9.17, 15) is 14.7 Å². The SMILES string of the molecule is CN1CC(NC(=O)c2cccc([C@@H](CCN3CCCC3CO)NC(=O)c3ccc4nc5c(cc4c3)CCCC5)c2)C1. The average Bonchev–Trinajstić information content (AvgIpc) is 3.44. The molecular weight excluding hydrogens is 514 g/mol. The van der Waals surface area contributed by atoms with Gasteiger partial charge in [0.15, 0.2) is 0 Å². The molecule has 0 saturated carbocycles. The van der Waals surface area contributed by atoms with E-state index in [1.165, 1.54) is 24.1 Å². The topological polar surface area (TPSA) is 97.8 Å². The maximum atomic E-state index is 13.6. The monoisotopic (exact) mass is 555 g/mol. The zero-order chi connectivity index (χ0) is 28.3. The largest absolute Gasteiger partial charge is 0.395 e. The molecule has 0 spiro atoms. The lowest BCUT2D eigenvalue weighted by Gasteiger charge is -2.36. The standard InChI is InChI=1S/C33H41N5O3/c1-37-19-27(20-37)34-32(40)24-8-4-7-23(16-24)31(13-15-38-14-5-9-28(38)21-39)36-33(41)25-11-12-30-26(18-25)17-22-6-2-3-10-29(22)35-30/h4,7-8,11-12,16-18,27-28,31,39H,2-3,5-6,9-10,13-15,19-21H2,1H3,(H,34,40)(H,36,41)/t28?,31-/m1/s1. The average molecular weight is 556 g/mol. The van der Waals surface area contributed by atoms with Crippen LogP contribution in [0.15, 0.2) is 48.5 Å². The van der Waals surface area contributed by atoms with Crippen molar-refractivity contribution >= 4 is 22.7 Å². The predicted molar refractivity (Wildman–Crippen MR) is 160 cm³/mol. The lowest BCUT2D eigenvalue weighted by atomic mass is 9.94. The van der Waals surface area contributed by atoms with Crippen LogP contribution in [0.5, 0.6) is 0 Å². The number of amides is 2. The molecule has 2 aromatic carbocycles. The number of likely N-dealkylation sites (N-methyl/N-ethyl adjacent to an activating group) is 1. The quantitative estimate of drug-likeness (QED) is 0.374. The highest BCUT2D eigenvalue weighted by molar-refractivity contribution is 5.98. The molecule has 2 aliphatic heterocycles. The zero-order valence-corrected chi connectivity index (χ0v) is 23.9. The molecule has 1 aliphatic carbocycles. The first-order chi connectivity index (χ1) is 20.0. The van der Waals surface area contributed by atoms with Gasteiger partial charge in [-0.25, -0.2) is 0 Å². The van der Waals surface area contributed by atoms with Gasteiger partial charge in [0, 0.05) is 47.9 Å². The van der Waals surface area contributed by atoms with Crippen LogP contribution in [-0.4, -0.2) is 83.6 Å². The summed E-state index contributed by atoms with van der Waals surface area (Å²) in [5, 5.41) is 17.2. The fourth-order valence-corrected chi connectivity index (χ4v) is 6.65. The molecule has 2 saturated heterocycles. The normalized spacial score (nSPS) is 20.4. The molecule has 41 heavy (non-hydrogen) atoms. The van der Waals surface area contributed by atoms with E-state index in [1.54, 1.807) is 0 Å². The van der Waals surface area contributed by atoms with E-state index in [2.05, 4.69) is 26.5 Å². The minimum absolute atomic E-state index is 0.0831. The third kappa shape index (κ3) is 6.30. The number of carbonyl (C=O) groups excluding carboxylic acids is 2. The van der Waals surface area contributed by atoms with Gasteiger partial charge < -0.3 is 20.6 Å². The van der Waals surface area contributed by atoms with E-state index in [0.29, 0.717) is 17.5 Å². The van der Waals surface area contributed by atoms with Gasteiger partial charge in [0.05, 0.1) is 24.2 Å². The number of aliphatic hydroxyl groups excluding tert-OH is 1. The molecule has 1 aromatic heterocycles. The molecule has 1 unspecified atom stereocenters. The van der Waals surface area contributed by atoms with E-state index < -0.39 is 0 Å². The van der Waals surface area contributed by atoms with Gasteiger partial charge in [-0.3, -0.25) is 19.5 Å². The molecular formula is C33H41N5O3. The van der Waals surface area contributed by atoms with Crippen molar-refractivity contribution in [1.29, 1.82) is 0 Å². The van der Waals surface area contributed by atoms with Crippen molar-refractivity contribution < 1.29 is 14.7 Å². The summed E-state index contributed by atoms with van der Waals surface area (Å²) in [6.45, 7) is 3.57. The Morgan fingerprint density at radius 1 is 1.02 bits per heavy atom. The second-order valence-corrected chi connectivity index (χ2v) is 12.1. The number of pyridine rings is 1. The molecule has 3 aromatic rings. The predicted octanol–water partition coefficient (Wildman–Crippen LogP) is 3.48. The first kappa shape index (κ1) is 27.8. The fourth-order valence-electron chi connectivity index (χ4n) is 6.65. The van der Waals surface area contributed by atoms with Crippen LogP contribution in [0, 0.1) is 0 Å².